The number of carbonyl (C=O) groups excluding carboxylic acids is 1. The van der Waals surface area contributed by atoms with E-state index in [0.717, 1.165) is 37.6 Å². The molecule has 160 valence electrons. The first-order chi connectivity index (χ1) is 13.1. The van der Waals surface area contributed by atoms with Crippen LogP contribution in [0.15, 0.2) is 0 Å². The Morgan fingerprint density at radius 3 is 2.50 bits per heavy atom. The fourth-order valence-corrected chi connectivity index (χ4v) is 3.44. The monoisotopic (exact) mass is 393 g/mol. The zero-order valence-corrected chi connectivity index (χ0v) is 18.9. The maximum Gasteiger partial charge on any atom is 0.273 e. The highest BCUT2D eigenvalue weighted by atomic mass is 16.5. The second-order valence-electron chi connectivity index (χ2n) is 9.43. The Morgan fingerprint density at radius 1 is 1.25 bits per heavy atom. The number of fused-ring (bicyclic) bond motifs is 1. The van der Waals surface area contributed by atoms with Crippen LogP contribution in [0.3, 0.4) is 0 Å². The van der Waals surface area contributed by atoms with Crippen LogP contribution < -0.4 is 10.6 Å². The third-order valence-corrected chi connectivity index (χ3v) is 5.51. The quantitative estimate of drug-likeness (QED) is 0.697. The van der Waals surface area contributed by atoms with Crippen LogP contribution in [-0.2, 0) is 17.8 Å². The number of imidazole rings is 1. The number of nitrogens with one attached hydrogen (secondary N) is 2. The molecule has 28 heavy (non-hydrogen) atoms. The maximum atomic E-state index is 13.3. The first-order valence-corrected chi connectivity index (χ1v) is 10.4. The van der Waals surface area contributed by atoms with Crippen molar-refractivity contribution >= 4 is 5.91 Å². The molecule has 2 rings (SSSR count). The zero-order valence-electron chi connectivity index (χ0n) is 18.9. The molecule has 1 aromatic rings. The highest BCUT2D eigenvalue weighted by molar-refractivity contribution is 5.93. The zero-order chi connectivity index (χ0) is 21.1. The van der Waals surface area contributed by atoms with Crippen molar-refractivity contribution in [3.05, 3.63) is 17.2 Å². The van der Waals surface area contributed by atoms with Gasteiger partial charge in [-0.05, 0) is 33.0 Å². The minimum Gasteiger partial charge on any atom is -0.343 e. The predicted octanol–water partition coefficient (Wildman–Crippen LogP) is 2.77. The lowest BCUT2D eigenvalue weighted by Crippen LogP contribution is -2.47. The third-order valence-electron chi connectivity index (χ3n) is 5.51. The lowest BCUT2D eigenvalue weighted by molar-refractivity contribution is -0.0407. The lowest BCUT2D eigenvalue weighted by Gasteiger charge is -2.31. The van der Waals surface area contributed by atoms with Gasteiger partial charge in [0.25, 0.3) is 5.91 Å². The fourth-order valence-electron chi connectivity index (χ4n) is 3.44. The van der Waals surface area contributed by atoms with Crippen LogP contribution in [0.5, 0.6) is 0 Å². The van der Waals surface area contributed by atoms with Crippen LogP contribution in [-0.4, -0.2) is 54.0 Å². The van der Waals surface area contributed by atoms with Crippen molar-refractivity contribution in [1.29, 1.82) is 0 Å². The normalized spacial score (nSPS) is 17.9. The van der Waals surface area contributed by atoms with Crippen molar-refractivity contribution in [2.45, 2.75) is 73.2 Å². The Kier molecular flexibility index (Phi) is 7.65. The Hall–Kier alpha value is -1.44. The number of ether oxygens (including phenoxy) is 1. The van der Waals surface area contributed by atoms with Crippen LogP contribution in [0.2, 0.25) is 0 Å². The largest absolute Gasteiger partial charge is 0.343 e. The number of carbonyl (C=O) groups is 1. The summed E-state index contributed by atoms with van der Waals surface area (Å²) < 4.78 is 8.12. The molecule has 0 saturated heterocycles. The first kappa shape index (κ1) is 22.8. The van der Waals surface area contributed by atoms with E-state index in [1.807, 2.05) is 7.05 Å². The molecule has 7 heteroatoms. The van der Waals surface area contributed by atoms with Gasteiger partial charge in [0.15, 0.2) is 5.69 Å². The van der Waals surface area contributed by atoms with E-state index >= 15 is 0 Å². The molecule has 0 spiro atoms. The SMILES string of the molecule is CNCO[C@@H](NC(=O)c1nc(C(C)C(C)C)n2c1CN(C)CCC2)C(C)(C)C. The summed E-state index contributed by atoms with van der Waals surface area (Å²) in [5, 5.41) is 6.06. The molecule has 1 amide bonds. The molecule has 0 radical (unpaired) electrons. The smallest absolute Gasteiger partial charge is 0.273 e. The van der Waals surface area contributed by atoms with E-state index < -0.39 is 6.23 Å². The van der Waals surface area contributed by atoms with E-state index in [1.54, 1.807) is 0 Å². The van der Waals surface area contributed by atoms with Gasteiger partial charge in [0.2, 0.25) is 0 Å². The van der Waals surface area contributed by atoms with Crippen molar-refractivity contribution in [1.82, 2.24) is 25.1 Å². The molecule has 1 aliphatic rings. The molecule has 0 aromatic carbocycles. The molecule has 0 bridgehead atoms. The molecule has 1 aliphatic heterocycles. The van der Waals surface area contributed by atoms with Gasteiger partial charge in [-0.1, -0.05) is 41.5 Å². The van der Waals surface area contributed by atoms with E-state index in [2.05, 4.69) is 68.7 Å². The van der Waals surface area contributed by atoms with Crippen molar-refractivity contribution in [3.63, 3.8) is 0 Å². The van der Waals surface area contributed by atoms with Gasteiger partial charge in [-0.2, -0.15) is 0 Å². The molecule has 2 heterocycles. The molecule has 0 aliphatic carbocycles. The molecule has 0 fully saturated rings. The standard InChI is InChI=1S/C21H39N5O2/c1-14(2)15(3)18-23-17(16-12-25(8)10-9-11-26(16)18)19(27)24-20(21(4,5)6)28-13-22-7/h14-15,20,22H,9-13H2,1-8H3,(H,24,27)/t15?,20-/m1/s1. The van der Waals surface area contributed by atoms with Crippen LogP contribution in [0.4, 0.5) is 0 Å². The number of aromatic nitrogens is 2. The van der Waals surface area contributed by atoms with Crippen molar-refractivity contribution in [2.75, 3.05) is 27.4 Å². The molecule has 2 N–H and O–H groups in total. The summed E-state index contributed by atoms with van der Waals surface area (Å²) in [6, 6.07) is 0. The van der Waals surface area contributed by atoms with Crippen molar-refractivity contribution in [3.8, 4) is 0 Å². The van der Waals surface area contributed by atoms with E-state index in [9.17, 15) is 4.79 Å². The summed E-state index contributed by atoms with van der Waals surface area (Å²) in [5.74, 6) is 1.62. The molecule has 0 saturated carbocycles. The Labute approximate surface area is 170 Å². The van der Waals surface area contributed by atoms with Crippen LogP contribution in [0, 0.1) is 11.3 Å². The van der Waals surface area contributed by atoms with Gasteiger partial charge in [0.05, 0.1) is 12.4 Å². The average molecular weight is 394 g/mol. The van der Waals surface area contributed by atoms with E-state index in [-0.39, 0.29) is 11.3 Å². The number of hydrogen-bond acceptors (Lipinski definition) is 5. The second kappa shape index (κ2) is 9.37. The molecular formula is C21H39N5O2. The lowest BCUT2D eigenvalue weighted by atomic mass is 9.94. The summed E-state index contributed by atoms with van der Waals surface area (Å²) in [6.45, 7) is 15.8. The second-order valence-corrected chi connectivity index (χ2v) is 9.43. The van der Waals surface area contributed by atoms with Gasteiger partial charge < -0.3 is 19.5 Å². The van der Waals surface area contributed by atoms with Gasteiger partial charge in [-0.25, -0.2) is 4.98 Å². The molecule has 1 aromatic heterocycles. The summed E-state index contributed by atoms with van der Waals surface area (Å²) in [6.07, 6.45) is 0.661. The number of hydrogen-bond donors (Lipinski definition) is 2. The third kappa shape index (κ3) is 5.33. The molecule has 7 nitrogen and oxygen atoms in total. The number of nitrogens with zero attached hydrogens (tertiary/aromatic N) is 3. The van der Waals surface area contributed by atoms with Gasteiger partial charge >= 0.3 is 0 Å². The predicted molar refractivity (Wildman–Crippen MR) is 112 cm³/mol. The molecule has 2 atom stereocenters. The van der Waals surface area contributed by atoms with E-state index in [0.29, 0.717) is 24.3 Å². The minimum absolute atomic E-state index is 0.155. The fraction of sp³-hybridized carbons (Fsp3) is 0.810. The highest BCUT2D eigenvalue weighted by Crippen LogP contribution is 2.28. The molecule has 1 unspecified atom stereocenters. The first-order valence-electron chi connectivity index (χ1n) is 10.4. The summed E-state index contributed by atoms with van der Waals surface area (Å²) in [5.41, 5.74) is 1.33. The van der Waals surface area contributed by atoms with E-state index in [4.69, 9.17) is 9.72 Å². The molecular weight excluding hydrogens is 354 g/mol. The number of rotatable bonds is 7. The van der Waals surface area contributed by atoms with Gasteiger partial charge in [0, 0.05) is 24.4 Å². The average Bonchev–Trinajstić information content (AvgIpc) is 2.83. The number of amides is 1. The topological polar surface area (TPSA) is 71.4 Å². The van der Waals surface area contributed by atoms with E-state index in [1.165, 1.54) is 0 Å². The van der Waals surface area contributed by atoms with Crippen LogP contribution in [0.1, 0.15) is 75.9 Å². The minimum atomic E-state index is -0.403. The summed E-state index contributed by atoms with van der Waals surface area (Å²) in [4.78, 5) is 20.4. The van der Waals surface area contributed by atoms with Crippen LogP contribution in [0.25, 0.3) is 0 Å². The van der Waals surface area contributed by atoms with Gasteiger partial charge in [-0.3, -0.25) is 10.1 Å². The summed E-state index contributed by atoms with van der Waals surface area (Å²) in [7, 11) is 3.93. The highest BCUT2D eigenvalue weighted by Gasteiger charge is 2.32. The van der Waals surface area contributed by atoms with Gasteiger partial charge in [-0.15, -0.1) is 0 Å². The Morgan fingerprint density at radius 2 is 1.93 bits per heavy atom. The maximum absolute atomic E-state index is 13.3. The van der Waals surface area contributed by atoms with Crippen molar-refractivity contribution < 1.29 is 9.53 Å². The van der Waals surface area contributed by atoms with Crippen LogP contribution >= 0.6 is 0 Å². The van der Waals surface area contributed by atoms with Crippen molar-refractivity contribution in [2.24, 2.45) is 11.3 Å². The van der Waals surface area contributed by atoms with Gasteiger partial charge in [0.1, 0.15) is 12.1 Å². The Balaban J connectivity index is 2.39. The Bertz CT molecular complexity index is 662. The summed E-state index contributed by atoms with van der Waals surface area (Å²) >= 11 is 0.